The maximum Gasteiger partial charge on any atom is 0.193 e. The van der Waals surface area contributed by atoms with Gasteiger partial charge in [0.2, 0.25) is 0 Å². The average molecular weight is 318 g/mol. The number of benzene rings is 3. The van der Waals surface area contributed by atoms with Crippen LogP contribution in [-0.2, 0) is 5.75 Å². The second-order valence-corrected chi connectivity index (χ2v) is 6.47. The fourth-order valence-corrected chi connectivity index (χ4v) is 3.41. The van der Waals surface area contributed by atoms with E-state index in [1.165, 1.54) is 10.5 Å². The van der Waals surface area contributed by atoms with Crippen LogP contribution < -0.4 is 0 Å². The zero-order valence-corrected chi connectivity index (χ0v) is 13.8. The highest BCUT2D eigenvalue weighted by molar-refractivity contribution is 7.98. The molecule has 3 aromatic rings. The first-order valence-corrected chi connectivity index (χ1v) is 8.60. The number of hydrogen-bond donors (Lipinski definition) is 0. The van der Waals surface area contributed by atoms with Gasteiger partial charge in [-0.3, -0.25) is 4.79 Å². The van der Waals surface area contributed by atoms with Gasteiger partial charge in [0.25, 0.3) is 0 Å². The number of thioether (sulfide) groups is 1. The lowest BCUT2D eigenvalue weighted by atomic mass is 10.0. The molecule has 0 aliphatic carbocycles. The summed E-state index contributed by atoms with van der Waals surface area (Å²) in [5.41, 5.74) is 3.93. The molecule has 0 saturated carbocycles. The molecule has 0 atom stereocenters. The van der Waals surface area contributed by atoms with Crippen molar-refractivity contribution in [2.75, 3.05) is 0 Å². The molecular weight excluding hydrogens is 300 g/mol. The second-order valence-electron chi connectivity index (χ2n) is 5.45. The van der Waals surface area contributed by atoms with Gasteiger partial charge in [-0.05, 0) is 36.2 Å². The highest BCUT2D eigenvalue weighted by Gasteiger charge is 2.10. The van der Waals surface area contributed by atoms with Crippen LogP contribution in [0.4, 0.5) is 0 Å². The van der Waals surface area contributed by atoms with Gasteiger partial charge < -0.3 is 0 Å². The molecule has 0 saturated heterocycles. The fraction of sp³-hybridized carbons (Fsp3) is 0.0952. The summed E-state index contributed by atoms with van der Waals surface area (Å²) in [5.74, 6) is 1.02. The van der Waals surface area contributed by atoms with E-state index in [-0.39, 0.29) is 5.78 Å². The van der Waals surface area contributed by atoms with Gasteiger partial charge in [0.1, 0.15) is 0 Å². The van der Waals surface area contributed by atoms with E-state index in [4.69, 9.17) is 0 Å². The Kier molecular flexibility index (Phi) is 4.94. The third-order valence-corrected chi connectivity index (χ3v) is 4.96. The molecule has 23 heavy (non-hydrogen) atoms. The SMILES string of the molecule is Cc1cc(C(=O)c2ccccc2)ccc1SCc1ccccc1. The molecule has 0 N–H and O–H groups in total. The van der Waals surface area contributed by atoms with Gasteiger partial charge in [0.15, 0.2) is 5.78 Å². The van der Waals surface area contributed by atoms with Crippen molar-refractivity contribution in [1.82, 2.24) is 0 Å². The van der Waals surface area contributed by atoms with E-state index in [2.05, 4.69) is 37.3 Å². The molecule has 3 aromatic carbocycles. The Labute approximate surface area is 141 Å². The van der Waals surface area contributed by atoms with E-state index in [0.29, 0.717) is 0 Å². The minimum Gasteiger partial charge on any atom is -0.289 e. The van der Waals surface area contributed by atoms with Crippen molar-refractivity contribution in [2.45, 2.75) is 17.6 Å². The molecule has 2 heteroatoms. The van der Waals surface area contributed by atoms with Crippen molar-refractivity contribution in [1.29, 1.82) is 0 Å². The number of rotatable bonds is 5. The Morgan fingerprint density at radius 3 is 2.13 bits per heavy atom. The predicted molar refractivity (Wildman–Crippen MR) is 97.1 cm³/mol. The molecule has 0 radical (unpaired) electrons. The van der Waals surface area contributed by atoms with Crippen LogP contribution in [-0.4, -0.2) is 5.78 Å². The summed E-state index contributed by atoms with van der Waals surface area (Å²) in [6.07, 6.45) is 0. The molecule has 0 aliphatic rings. The van der Waals surface area contributed by atoms with Gasteiger partial charge in [-0.1, -0.05) is 60.7 Å². The summed E-state index contributed by atoms with van der Waals surface area (Å²) in [5, 5.41) is 0. The van der Waals surface area contributed by atoms with Crippen molar-refractivity contribution in [2.24, 2.45) is 0 Å². The van der Waals surface area contributed by atoms with Gasteiger partial charge in [0, 0.05) is 21.8 Å². The Hall–Kier alpha value is -2.32. The predicted octanol–water partition coefficient (Wildman–Crippen LogP) is 5.52. The van der Waals surface area contributed by atoms with Crippen LogP contribution in [0, 0.1) is 6.92 Å². The molecule has 0 aromatic heterocycles. The highest BCUT2D eigenvalue weighted by Crippen LogP contribution is 2.27. The molecular formula is C21H18OS. The molecule has 0 unspecified atom stereocenters. The standard InChI is InChI=1S/C21H18OS/c1-16-14-19(21(22)18-10-6-3-7-11-18)12-13-20(16)23-15-17-8-4-2-5-9-17/h2-14H,15H2,1H3. The van der Waals surface area contributed by atoms with Gasteiger partial charge in [0.05, 0.1) is 0 Å². The first kappa shape index (κ1) is 15.6. The van der Waals surface area contributed by atoms with Gasteiger partial charge in [-0.15, -0.1) is 11.8 Å². The summed E-state index contributed by atoms with van der Waals surface area (Å²) in [4.78, 5) is 13.7. The monoisotopic (exact) mass is 318 g/mol. The van der Waals surface area contributed by atoms with E-state index in [9.17, 15) is 4.79 Å². The highest BCUT2D eigenvalue weighted by atomic mass is 32.2. The largest absolute Gasteiger partial charge is 0.289 e. The Bertz CT molecular complexity index is 795. The third kappa shape index (κ3) is 3.91. The number of carbonyl (C=O) groups excluding carboxylic acids is 1. The number of aryl methyl sites for hydroxylation is 1. The Morgan fingerprint density at radius 2 is 1.48 bits per heavy atom. The van der Waals surface area contributed by atoms with Crippen LogP contribution in [0.1, 0.15) is 27.0 Å². The first-order valence-electron chi connectivity index (χ1n) is 7.61. The van der Waals surface area contributed by atoms with Gasteiger partial charge in [-0.25, -0.2) is 0 Å². The van der Waals surface area contributed by atoms with Crippen LogP contribution >= 0.6 is 11.8 Å². The van der Waals surface area contributed by atoms with Crippen molar-refractivity contribution >= 4 is 17.5 Å². The number of ketones is 1. The lowest BCUT2D eigenvalue weighted by molar-refractivity contribution is 0.103. The smallest absolute Gasteiger partial charge is 0.193 e. The average Bonchev–Trinajstić information content (AvgIpc) is 2.61. The van der Waals surface area contributed by atoms with Crippen LogP contribution in [0.25, 0.3) is 0 Å². The molecule has 114 valence electrons. The molecule has 0 amide bonds. The van der Waals surface area contributed by atoms with E-state index in [0.717, 1.165) is 22.4 Å². The molecule has 1 nitrogen and oxygen atoms in total. The topological polar surface area (TPSA) is 17.1 Å². The van der Waals surface area contributed by atoms with Crippen molar-refractivity contribution in [3.05, 3.63) is 101 Å². The lowest BCUT2D eigenvalue weighted by Crippen LogP contribution is -2.01. The molecule has 0 aliphatic heterocycles. The second kappa shape index (κ2) is 7.30. The van der Waals surface area contributed by atoms with E-state index >= 15 is 0 Å². The zero-order valence-electron chi connectivity index (χ0n) is 13.0. The summed E-state index contributed by atoms with van der Waals surface area (Å²) in [6.45, 7) is 2.06. The molecule has 0 bridgehead atoms. The number of carbonyl (C=O) groups is 1. The quantitative estimate of drug-likeness (QED) is 0.455. The molecule has 0 heterocycles. The van der Waals surface area contributed by atoms with E-state index < -0.39 is 0 Å². The normalized spacial score (nSPS) is 10.5. The molecule has 0 spiro atoms. The zero-order chi connectivity index (χ0) is 16.1. The minimum absolute atomic E-state index is 0.0771. The van der Waals surface area contributed by atoms with Crippen LogP contribution in [0.15, 0.2) is 83.8 Å². The third-order valence-electron chi connectivity index (χ3n) is 3.71. The van der Waals surface area contributed by atoms with Crippen LogP contribution in [0.3, 0.4) is 0 Å². The van der Waals surface area contributed by atoms with Crippen molar-refractivity contribution < 1.29 is 4.79 Å². The Balaban J connectivity index is 1.74. The Morgan fingerprint density at radius 1 is 0.826 bits per heavy atom. The van der Waals surface area contributed by atoms with Gasteiger partial charge >= 0.3 is 0 Å². The maximum atomic E-state index is 12.5. The summed E-state index contributed by atoms with van der Waals surface area (Å²) in [6, 6.07) is 25.8. The lowest BCUT2D eigenvalue weighted by Gasteiger charge is -2.08. The van der Waals surface area contributed by atoms with Gasteiger partial charge in [-0.2, -0.15) is 0 Å². The fourth-order valence-electron chi connectivity index (χ4n) is 2.44. The molecule has 0 fully saturated rings. The summed E-state index contributed by atoms with van der Waals surface area (Å²) in [7, 11) is 0. The minimum atomic E-state index is 0.0771. The van der Waals surface area contributed by atoms with Crippen LogP contribution in [0.2, 0.25) is 0 Å². The van der Waals surface area contributed by atoms with Crippen molar-refractivity contribution in [3.8, 4) is 0 Å². The van der Waals surface area contributed by atoms with Crippen molar-refractivity contribution in [3.63, 3.8) is 0 Å². The van der Waals surface area contributed by atoms with E-state index in [1.807, 2.05) is 48.5 Å². The van der Waals surface area contributed by atoms with E-state index in [1.54, 1.807) is 11.8 Å². The van der Waals surface area contributed by atoms with Crippen LogP contribution in [0.5, 0.6) is 0 Å². The first-order chi connectivity index (χ1) is 11.2. The summed E-state index contributed by atoms with van der Waals surface area (Å²) < 4.78 is 0. The maximum absolute atomic E-state index is 12.5. The molecule has 3 rings (SSSR count). The summed E-state index contributed by atoms with van der Waals surface area (Å²) >= 11 is 1.81. The number of hydrogen-bond acceptors (Lipinski definition) is 2.